The molecular weight excluding hydrogens is 492 g/mol. The molecule has 1 fully saturated rings. The van der Waals surface area contributed by atoms with Gasteiger partial charge in [-0.15, -0.1) is 0 Å². The van der Waals surface area contributed by atoms with Crippen LogP contribution in [-0.4, -0.2) is 55.2 Å². The molecule has 1 atom stereocenters. The number of ether oxygens (including phenoxy) is 1. The SMILES string of the molecule is Cc1ccc(S(=O)(=O)OC[C@@H]2CCC(=O)N(CCc3cn(C(=O)OC(C)(C)C)c4ccccc34)C2)cc1. The number of fused-ring (bicyclic) bond motifs is 1. The van der Waals surface area contributed by atoms with Gasteiger partial charge in [-0.25, -0.2) is 4.79 Å². The Balaban J connectivity index is 1.41. The van der Waals surface area contributed by atoms with Crippen LogP contribution >= 0.6 is 0 Å². The number of piperidine rings is 1. The summed E-state index contributed by atoms with van der Waals surface area (Å²) in [5, 5.41) is 0.932. The van der Waals surface area contributed by atoms with Crippen LogP contribution < -0.4 is 0 Å². The van der Waals surface area contributed by atoms with Crippen LogP contribution in [0, 0.1) is 12.8 Å². The van der Waals surface area contributed by atoms with Crippen molar-refractivity contribution in [2.75, 3.05) is 19.7 Å². The highest BCUT2D eigenvalue weighted by Gasteiger charge is 2.28. The summed E-state index contributed by atoms with van der Waals surface area (Å²) in [5.74, 6) is -0.0467. The van der Waals surface area contributed by atoms with Gasteiger partial charge in [0.2, 0.25) is 5.91 Å². The van der Waals surface area contributed by atoms with Crippen LogP contribution in [0.4, 0.5) is 4.79 Å². The Morgan fingerprint density at radius 2 is 1.78 bits per heavy atom. The second kappa shape index (κ2) is 10.7. The summed E-state index contributed by atoms with van der Waals surface area (Å²) in [4.78, 5) is 27.3. The highest BCUT2D eigenvalue weighted by Crippen LogP contribution is 2.25. The first-order valence-corrected chi connectivity index (χ1v) is 13.9. The molecule has 9 heteroatoms. The molecular formula is C28H34N2O6S. The monoisotopic (exact) mass is 526 g/mol. The molecule has 1 aliphatic rings. The summed E-state index contributed by atoms with van der Waals surface area (Å²) in [6, 6.07) is 14.2. The fraction of sp³-hybridized carbons (Fsp3) is 0.429. The number of likely N-dealkylation sites (tertiary alicyclic amines) is 1. The quantitative estimate of drug-likeness (QED) is 0.406. The van der Waals surface area contributed by atoms with Crippen molar-refractivity contribution >= 4 is 33.0 Å². The maximum absolute atomic E-state index is 12.8. The molecule has 0 aliphatic carbocycles. The number of para-hydroxylation sites is 1. The zero-order chi connectivity index (χ0) is 26.8. The number of hydrogen-bond donors (Lipinski definition) is 0. The zero-order valence-corrected chi connectivity index (χ0v) is 22.6. The number of amides is 1. The predicted octanol–water partition coefficient (Wildman–Crippen LogP) is 4.92. The molecule has 4 rings (SSSR count). The lowest BCUT2D eigenvalue weighted by Crippen LogP contribution is -2.42. The van der Waals surface area contributed by atoms with Gasteiger partial charge in [0, 0.05) is 37.0 Å². The van der Waals surface area contributed by atoms with Gasteiger partial charge in [0.25, 0.3) is 10.1 Å². The normalized spacial score (nSPS) is 16.8. The lowest BCUT2D eigenvalue weighted by Gasteiger charge is -2.32. The minimum absolute atomic E-state index is 0.0257. The van der Waals surface area contributed by atoms with E-state index in [1.807, 2.05) is 52.0 Å². The van der Waals surface area contributed by atoms with Crippen LogP contribution in [0.5, 0.6) is 0 Å². The Kier molecular flexibility index (Phi) is 7.75. The molecule has 1 aliphatic heterocycles. The van der Waals surface area contributed by atoms with Crippen LogP contribution in [0.1, 0.15) is 44.7 Å². The minimum Gasteiger partial charge on any atom is -0.443 e. The van der Waals surface area contributed by atoms with Gasteiger partial charge in [0.15, 0.2) is 0 Å². The third-order valence-electron chi connectivity index (χ3n) is 6.40. The molecule has 1 aromatic heterocycles. The van der Waals surface area contributed by atoms with Gasteiger partial charge in [-0.1, -0.05) is 35.9 Å². The Bertz CT molecular complexity index is 1390. The molecule has 1 amide bonds. The molecule has 0 N–H and O–H groups in total. The first kappa shape index (κ1) is 26.9. The van der Waals surface area contributed by atoms with Crippen LogP contribution in [-0.2, 0) is 30.3 Å². The molecule has 0 bridgehead atoms. The Morgan fingerprint density at radius 3 is 2.49 bits per heavy atom. The van der Waals surface area contributed by atoms with Crippen molar-refractivity contribution in [1.82, 2.24) is 9.47 Å². The molecule has 3 aromatic rings. The van der Waals surface area contributed by atoms with Crippen molar-refractivity contribution in [1.29, 1.82) is 0 Å². The van der Waals surface area contributed by atoms with Crippen molar-refractivity contribution < 1.29 is 26.9 Å². The number of nitrogens with zero attached hydrogens (tertiary/aromatic N) is 2. The Labute approximate surface area is 218 Å². The predicted molar refractivity (Wildman–Crippen MR) is 141 cm³/mol. The summed E-state index contributed by atoms with van der Waals surface area (Å²) in [6.45, 7) is 8.27. The first-order chi connectivity index (χ1) is 17.4. The standard InChI is InChI=1S/C28H34N2O6S/c1-20-9-12-23(13-10-20)37(33,34)35-19-21-11-14-26(31)29(17-21)16-15-22-18-30(27(32)36-28(2,3)4)25-8-6-5-7-24(22)25/h5-10,12-13,18,21H,11,14-17,19H2,1-4H3/t21-/m1/s1. The summed E-state index contributed by atoms with van der Waals surface area (Å²) in [5.41, 5.74) is 2.04. The average Bonchev–Trinajstić information content (AvgIpc) is 3.21. The topological polar surface area (TPSA) is 94.9 Å². The van der Waals surface area contributed by atoms with E-state index in [9.17, 15) is 18.0 Å². The molecule has 2 heterocycles. The van der Waals surface area contributed by atoms with E-state index < -0.39 is 21.8 Å². The molecule has 8 nitrogen and oxygen atoms in total. The number of carbonyl (C=O) groups is 2. The largest absolute Gasteiger partial charge is 0.443 e. The molecule has 1 saturated heterocycles. The van der Waals surface area contributed by atoms with Gasteiger partial charge in [-0.05, 0) is 64.3 Å². The van der Waals surface area contributed by atoms with E-state index in [0.29, 0.717) is 32.4 Å². The number of hydrogen-bond acceptors (Lipinski definition) is 6. The van der Waals surface area contributed by atoms with Crippen molar-refractivity contribution in [3.05, 3.63) is 65.9 Å². The van der Waals surface area contributed by atoms with Gasteiger partial charge < -0.3 is 9.64 Å². The van der Waals surface area contributed by atoms with E-state index in [1.165, 1.54) is 16.7 Å². The van der Waals surface area contributed by atoms with Crippen LogP contribution in [0.3, 0.4) is 0 Å². The number of carbonyl (C=O) groups excluding carboxylic acids is 2. The van der Waals surface area contributed by atoms with Gasteiger partial charge in [-0.2, -0.15) is 8.42 Å². The van der Waals surface area contributed by atoms with E-state index in [1.54, 1.807) is 23.2 Å². The van der Waals surface area contributed by atoms with E-state index in [-0.39, 0.29) is 23.3 Å². The number of aromatic nitrogens is 1. The molecule has 0 radical (unpaired) electrons. The Hall–Kier alpha value is -3.17. The first-order valence-electron chi connectivity index (χ1n) is 12.5. The summed E-state index contributed by atoms with van der Waals surface area (Å²) in [7, 11) is -3.86. The van der Waals surface area contributed by atoms with Crippen molar-refractivity contribution in [3.63, 3.8) is 0 Å². The van der Waals surface area contributed by atoms with E-state index >= 15 is 0 Å². The second-order valence-corrected chi connectivity index (χ2v) is 12.2. The number of aryl methyl sites for hydroxylation is 1. The number of rotatable bonds is 7. The highest BCUT2D eigenvalue weighted by atomic mass is 32.2. The van der Waals surface area contributed by atoms with Gasteiger partial charge in [-0.3, -0.25) is 13.5 Å². The maximum atomic E-state index is 12.8. The van der Waals surface area contributed by atoms with Crippen molar-refractivity contribution in [2.45, 2.75) is 57.5 Å². The molecule has 0 spiro atoms. The van der Waals surface area contributed by atoms with Gasteiger partial charge in [0.1, 0.15) is 5.60 Å². The minimum atomic E-state index is -3.86. The fourth-order valence-corrected chi connectivity index (χ4v) is 5.45. The van der Waals surface area contributed by atoms with E-state index in [4.69, 9.17) is 8.92 Å². The second-order valence-electron chi connectivity index (χ2n) is 10.6. The third kappa shape index (κ3) is 6.59. The maximum Gasteiger partial charge on any atom is 0.419 e. The smallest absolute Gasteiger partial charge is 0.419 e. The van der Waals surface area contributed by atoms with Crippen LogP contribution in [0.2, 0.25) is 0 Å². The zero-order valence-electron chi connectivity index (χ0n) is 21.8. The molecule has 37 heavy (non-hydrogen) atoms. The fourth-order valence-electron chi connectivity index (χ4n) is 4.47. The lowest BCUT2D eigenvalue weighted by atomic mass is 9.98. The summed E-state index contributed by atoms with van der Waals surface area (Å²) >= 11 is 0. The number of benzene rings is 2. The van der Waals surface area contributed by atoms with Gasteiger partial charge >= 0.3 is 6.09 Å². The summed E-state index contributed by atoms with van der Waals surface area (Å²) < 4.78 is 37.6. The molecule has 0 unspecified atom stereocenters. The molecule has 2 aromatic carbocycles. The van der Waals surface area contributed by atoms with E-state index in [0.717, 1.165) is 22.0 Å². The molecule has 198 valence electrons. The van der Waals surface area contributed by atoms with Crippen molar-refractivity contribution in [2.24, 2.45) is 5.92 Å². The highest BCUT2D eigenvalue weighted by molar-refractivity contribution is 7.86. The van der Waals surface area contributed by atoms with E-state index in [2.05, 4.69) is 0 Å². The van der Waals surface area contributed by atoms with Crippen molar-refractivity contribution in [3.8, 4) is 0 Å². The molecule has 0 saturated carbocycles. The van der Waals surface area contributed by atoms with Crippen LogP contribution in [0.15, 0.2) is 59.6 Å². The lowest BCUT2D eigenvalue weighted by molar-refractivity contribution is -0.135. The average molecular weight is 527 g/mol. The third-order valence-corrected chi connectivity index (χ3v) is 7.70. The van der Waals surface area contributed by atoms with Gasteiger partial charge in [0.05, 0.1) is 17.0 Å². The van der Waals surface area contributed by atoms with Crippen LogP contribution in [0.25, 0.3) is 10.9 Å². The Morgan fingerprint density at radius 1 is 1.08 bits per heavy atom. The summed E-state index contributed by atoms with van der Waals surface area (Å²) in [6.07, 6.45) is 2.81.